The number of piperidine rings is 2. The largest absolute Gasteiger partial charge is 0.495 e. The molecule has 0 aliphatic carbocycles. The lowest BCUT2D eigenvalue weighted by atomic mass is 9.93. The number of carbonyl (C=O) groups excluding carboxylic acids is 4. The SMILES string of the molecule is CC(=O)/C=C/c1cn2c(N3CCN(C)CC3)cccc2n1.COc1cccnc1/C=C/C(=O)/C=C/c1cn2c(N3CCN(C)CC3)cccc2n1.COc1cccnc1C1CC(=O)CC(c2cn3c(N4CCN(C)CC4)cccc3n2)N1.COc1cccnc1C=O.COc1cccnc1[C@@H]1CCC[C@H](c2cn3c(N4CCN(C)CC4)cccc3n2)N1. The van der Waals surface area contributed by atoms with Crippen molar-refractivity contribution in [2.75, 3.05) is 181 Å². The van der Waals surface area contributed by atoms with Gasteiger partial charge in [0, 0.05) is 167 Å². The van der Waals surface area contributed by atoms with E-state index in [9.17, 15) is 19.2 Å². The highest BCUT2D eigenvalue weighted by Gasteiger charge is 2.34. The molecule has 4 atom stereocenters. The minimum Gasteiger partial charge on any atom is -0.495 e. The number of likely N-dealkylation sites (N-methyl/N-ethyl adjacent to an activating group) is 4. The van der Waals surface area contributed by atoms with Crippen molar-refractivity contribution in [3.05, 3.63) is 235 Å². The van der Waals surface area contributed by atoms with Crippen molar-refractivity contribution >= 4 is 87.7 Å². The predicted octanol–water partition coefficient (Wildman–Crippen LogP) is 10.6. The quantitative estimate of drug-likeness (QED) is 0.0562. The number of fused-ring (bicyclic) bond motifs is 4. The third-order valence-electron chi connectivity index (χ3n) is 22.8. The number of nitrogens with one attached hydrogen (secondary N) is 2. The van der Waals surface area contributed by atoms with E-state index in [1.165, 1.54) is 25.1 Å². The Morgan fingerprint density at radius 1 is 0.385 bits per heavy atom. The second kappa shape index (κ2) is 41.1. The van der Waals surface area contributed by atoms with Crippen LogP contribution in [0.3, 0.4) is 0 Å². The van der Waals surface area contributed by atoms with Crippen molar-refractivity contribution in [3.8, 4) is 23.0 Å². The number of nitrogens with zero attached hydrogens (tertiary/aromatic N) is 20. The molecule has 0 saturated carbocycles. The molecule has 12 aromatic rings. The van der Waals surface area contributed by atoms with E-state index < -0.39 is 0 Å². The number of pyridine rings is 8. The van der Waals surface area contributed by atoms with Crippen LogP contribution in [-0.4, -0.2) is 262 Å². The molecule has 0 amide bonds. The van der Waals surface area contributed by atoms with Gasteiger partial charge in [-0.2, -0.15) is 0 Å². The number of hydrogen-bond donors (Lipinski definition) is 2. The van der Waals surface area contributed by atoms with Crippen LogP contribution in [0.25, 0.3) is 40.8 Å². The van der Waals surface area contributed by atoms with E-state index >= 15 is 0 Å². The minimum absolute atomic E-state index is 0.0337. The standard InChI is InChI=1S/C23H28N6O2.C23H30N6O.C23H25N5O2.C16H20N4O.C7H7NO2/c1-27-9-11-28(12-10-27)22-7-3-6-21-26-19(15-29(21)22)17-13-16(30)14-18(25-17)23-20(31-2)5-4-8-24-23;1-27-12-14-28(15-13-27)22-10-4-9-21-26-19(16-29(21)22)17-6-3-7-18(25-17)23-20(30-2)8-5-11-24-23;1-26-13-15-27(16-14-26)23-7-3-6-22-25-18(17-28(22)23)8-9-19(29)10-11-20-21(30-2)5-4-12-24-20;1-13(21)6-7-14-12-20-15(17-14)4-3-5-16(20)19-10-8-18(2)9-11-19;1-10-7-3-2-4-8-6(7)5-9/h3-8,15,17-18,25H,9-14H2,1-2H3;4-5,8-11,16-18,25H,3,6-7,12-15H2,1-2H3;3-12,17H,13-16H2,1-2H3;3-7,12H,8-11H2,1-2H3;2-5H,1H3/b;;9-8+,11-10+;7-6+;/t;17-,18+;;;/m.1.../s1. The number of allylic oxidation sites excluding steroid dienone is 3. The van der Waals surface area contributed by atoms with Gasteiger partial charge >= 0.3 is 0 Å². The Morgan fingerprint density at radius 3 is 1.16 bits per heavy atom. The number of anilines is 4. The minimum atomic E-state index is -0.190. The molecule has 30 heteroatoms. The maximum atomic E-state index is 12.6. The van der Waals surface area contributed by atoms with Crippen LogP contribution in [0.4, 0.5) is 23.3 Å². The van der Waals surface area contributed by atoms with Crippen LogP contribution >= 0.6 is 0 Å². The summed E-state index contributed by atoms with van der Waals surface area (Å²) in [6.07, 6.45) is 29.5. The number of aldehydes is 1. The number of methoxy groups -OCH3 is 4. The fourth-order valence-corrected chi connectivity index (χ4v) is 16.0. The van der Waals surface area contributed by atoms with Crippen LogP contribution in [0.5, 0.6) is 23.0 Å². The van der Waals surface area contributed by atoms with E-state index in [4.69, 9.17) is 28.9 Å². The maximum absolute atomic E-state index is 12.6. The van der Waals surface area contributed by atoms with Gasteiger partial charge in [0.05, 0.1) is 86.8 Å². The Kier molecular flexibility index (Phi) is 28.9. The van der Waals surface area contributed by atoms with Crippen molar-refractivity contribution in [3.63, 3.8) is 0 Å². The molecule has 0 radical (unpaired) electrons. The van der Waals surface area contributed by atoms with E-state index in [2.05, 4.69) is 180 Å². The molecule has 636 valence electrons. The molecule has 6 saturated heterocycles. The molecule has 0 aromatic carbocycles. The molecular weight excluding hydrogens is 1540 g/mol. The summed E-state index contributed by atoms with van der Waals surface area (Å²) in [5.41, 5.74) is 9.96. The fourth-order valence-electron chi connectivity index (χ4n) is 16.0. The van der Waals surface area contributed by atoms with Crippen molar-refractivity contribution < 1.29 is 38.1 Å². The van der Waals surface area contributed by atoms with E-state index in [1.54, 1.807) is 89.3 Å². The predicted molar refractivity (Wildman–Crippen MR) is 476 cm³/mol. The first-order chi connectivity index (χ1) is 59.5. The third kappa shape index (κ3) is 21.4. The number of ether oxygens (including phenoxy) is 4. The molecule has 6 aliphatic heterocycles. The van der Waals surface area contributed by atoms with E-state index in [0.29, 0.717) is 47.8 Å². The number of rotatable bonds is 19. The van der Waals surface area contributed by atoms with Crippen LogP contribution < -0.4 is 49.2 Å². The first-order valence-electron chi connectivity index (χ1n) is 41.7. The Morgan fingerprint density at radius 2 is 0.738 bits per heavy atom. The summed E-state index contributed by atoms with van der Waals surface area (Å²) in [6.45, 7) is 18.1. The van der Waals surface area contributed by atoms with E-state index in [0.717, 1.165) is 204 Å². The number of carbonyl (C=O) groups is 4. The molecule has 18 rings (SSSR count). The lowest BCUT2D eigenvalue weighted by Crippen LogP contribution is -2.45. The summed E-state index contributed by atoms with van der Waals surface area (Å²) in [7, 11) is 15.1. The first-order valence-corrected chi connectivity index (χ1v) is 41.7. The van der Waals surface area contributed by atoms with Crippen LogP contribution in [-0.2, 0) is 14.4 Å². The number of Topliss-reactive ketones (excluding diaryl/α,β-unsaturated/α-hetero) is 1. The summed E-state index contributed by atoms with van der Waals surface area (Å²) in [4.78, 5) is 101. The summed E-state index contributed by atoms with van der Waals surface area (Å²) in [5, 5.41) is 7.39. The zero-order valence-corrected chi connectivity index (χ0v) is 71.1. The van der Waals surface area contributed by atoms with Gasteiger partial charge in [-0.3, -0.25) is 57.0 Å². The molecule has 12 aromatic heterocycles. The highest BCUT2D eigenvalue weighted by atomic mass is 16.5. The molecule has 0 spiro atoms. The number of ketones is 3. The van der Waals surface area contributed by atoms with Crippen LogP contribution in [0.15, 0.2) is 189 Å². The lowest BCUT2D eigenvalue weighted by molar-refractivity contribution is -0.122. The Hall–Kier alpha value is -12.6. The molecule has 30 nitrogen and oxygen atoms in total. The monoisotopic (exact) mass is 1650 g/mol. The first kappa shape index (κ1) is 85.8. The van der Waals surface area contributed by atoms with E-state index in [1.807, 2.05) is 79.3 Å². The smallest absolute Gasteiger partial charge is 0.178 e. The summed E-state index contributed by atoms with van der Waals surface area (Å²) in [6, 6.07) is 39.6. The molecular formula is C92H110N22O8. The summed E-state index contributed by atoms with van der Waals surface area (Å²) in [5.74, 6) is 7.45. The number of imidazole rings is 4. The molecule has 2 N–H and O–H groups in total. The van der Waals surface area contributed by atoms with Gasteiger partial charge in [0.1, 0.15) is 86.0 Å². The zero-order chi connectivity index (χ0) is 85.0. The average molecular weight is 1650 g/mol. The lowest BCUT2D eigenvalue weighted by Gasteiger charge is -2.34. The molecule has 6 aliphatic rings. The summed E-state index contributed by atoms with van der Waals surface area (Å²) >= 11 is 0. The van der Waals surface area contributed by atoms with Gasteiger partial charge in [-0.1, -0.05) is 24.3 Å². The normalized spacial score (nSPS) is 18.9. The van der Waals surface area contributed by atoms with Crippen molar-refractivity contribution in [1.29, 1.82) is 0 Å². The molecule has 6 fully saturated rings. The Bertz CT molecular complexity index is 5630. The van der Waals surface area contributed by atoms with Crippen LogP contribution in [0.2, 0.25) is 0 Å². The van der Waals surface area contributed by atoms with Gasteiger partial charge in [0.2, 0.25) is 0 Å². The zero-order valence-electron chi connectivity index (χ0n) is 71.1. The van der Waals surface area contributed by atoms with Crippen molar-refractivity contribution in [1.82, 2.24) is 87.7 Å². The summed E-state index contributed by atoms with van der Waals surface area (Å²) < 4.78 is 29.7. The highest BCUT2D eigenvalue weighted by molar-refractivity contribution is 6.04. The number of piperazine rings is 4. The number of hydrogen-bond acceptors (Lipinski definition) is 26. The third-order valence-corrected chi connectivity index (χ3v) is 22.8. The molecule has 0 bridgehead atoms. The van der Waals surface area contributed by atoms with E-state index in [-0.39, 0.29) is 41.5 Å². The van der Waals surface area contributed by atoms with Gasteiger partial charge in [0.25, 0.3) is 0 Å². The highest BCUT2D eigenvalue weighted by Crippen LogP contribution is 2.38. The van der Waals surface area contributed by atoms with Crippen molar-refractivity contribution in [2.24, 2.45) is 0 Å². The van der Waals surface area contributed by atoms with Crippen LogP contribution in [0, 0.1) is 0 Å². The fraction of sp³-hybridized carbons (Fsp3) is 0.370. The topological polar surface area (TPSA) is 276 Å². The average Bonchev–Trinajstić information content (AvgIpc) is 1.64. The Balaban J connectivity index is 0.000000129. The van der Waals surface area contributed by atoms with Gasteiger partial charge < -0.3 is 63.5 Å². The second-order valence-electron chi connectivity index (χ2n) is 31.2. The van der Waals surface area contributed by atoms with Gasteiger partial charge in [-0.25, -0.2) is 24.9 Å². The second-order valence-corrected chi connectivity index (χ2v) is 31.2. The van der Waals surface area contributed by atoms with Gasteiger partial charge in [-0.05, 0) is 188 Å². The molecule has 2 unspecified atom stereocenters. The van der Waals surface area contributed by atoms with Gasteiger partial charge in [-0.15, -0.1) is 0 Å². The maximum Gasteiger partial charge on any atom is 0.178 e. The molecule has 18 heterocycles. The molecule has 122 heavy (non-hydrogen) atoms. The van der Waals surface area contributed by atoms with Crippen molar-refractivity contribution in [2.45, 2.75) is 63.2 Å². The number of aromatic nitrogens is 12. The van der Waals surface area contributed by atoms with Crippen LogP contribution in [0.1, 0.15) is 114 Å². The van der Waals surface area contributed by atoms with Gasteiger partial charge in [0.15, 0.2) is 17.9 Å². The Labute approximate surface area is 711 Å².